The molecule has 206 valence electrons. The first-order valence-electron chi connectivity index (χ1n) is 13.0. The summed E-state index contributed by atoms with van der Waals surface area (Å²) in [5.74, 6) is 0. The zero-order valence-corrected chi connectivity index (χ0v) is 22.5. The monoisotopic (exact) mass is 507 g/mol. The van der Waals surface area contributed by atoms with Crippen LogP contribution >= 0.6 is 0 Å². The van der Waals surface area contributed by atoms with Crippen molar-refractivity contribution in [1.29, 1.82) is 0 Å². The van der Waals surface area contributed by atoms with Crippen LogP contribution in [0.15, 0.2) is 22.9 Å². The highest BCUT2D eigenvalue weighted by molar-refractivity contribution is 5.49. The molecule has 3 atom stereocenters. The molecule has 0 bridgehead atoms. The largest absolute Gasteiger partial charge is 0.414 e. The minimum Gasteiger partial charge on any atom is -0.384 e. The molecule has 1 saturated heterocycles. The molecule has 0 aromatic rings. The van der Waals surface area contributed by atoms with E-state index in [1.165, 1.54) is 12.5 Å². The van der Waals surface area contributed by atoms with Crippen molar-refractivity contribution >= 4 is 6.29 Å². The summed E-state index contributed by atoms with van der Waals surface area (Å²) in [6.07, 6.45) is 3.79. The van der Waals surface area contributed by atoms with Crippen molar-refractivity contribution < 1.29 is 27.4 Å². The second-order valence-corrected chi connectivity index (χ2v) is 8.42. The zero-order valence-electron chi connectivity index (χ0n) is 22.5. The smallest absolute Gasteiger partial charge is 0.384 e. The van der Waals surface area contributed by atoms with Gasteiger partial charge in [0, 0.05) is 57.6 Å². The van der Waals surface area contributed by atoms with Gasteiger partial charge in [0.2, 0.25) is 0 Å². The first-order valence-corrected chi connectivity index (χ1v) is 13.0. The number of ether oxygens (including phenoxy) is 2. The maximum Gasteiger partial charge on any atom is 0.414 e. The van der Waals surface area contributed by atoms with Gasteiger partial charge in [-0.3, -0.25) is 0 Å². The average molecular weight is 508 g/mol. The summed E-state index contributed by atoms with van der Waals surface area (Å²) >= 11 is 0. The van der Waals surface area contributed by atoms with Crippen molar-refractivity contribution in [3.05, 3.63) is 22.9 Å². The fourth-order valence-electron chi connectivity index (χ4n) is 3.80. The maximum absolute atomic E-state index is 12.3. The molecule has 0 aromatic heterocycles. The fraction of sp³-hybridized carbons (Fsp3) is 0.808. The predicted molar refractivity (Wildman–Crippen MR) is 137 cm³/mol. The van der Waals surface area contributed by atoms with Gasteiger partial charge in [0.15, 0.2) is 0 Å². The van der Waals surface area contributed by atoms with E-state index in [0.29, 0.717) is 31.7 Å². The lowest BCUT2D eigenvalue weighted by atomic mass is 10.0. The Kier molecular flexibility index (Phi) is 18.9. The summed E-state index contributed by atoms with van der Waals surface area (Å²) in [5.41, 5.74) is 1.21. The first-order chi connectivity index (χ1) is 16.8. The summed E-state index contributed by atoms with van der Waals surface area (Å²) in [4.78, 5) is 10.4. The molecule has 3 aliphatic rings. The molecule has 6 nitrogen and oxygen atoms in total. The Balaban J connectivity index is 0.000000561. The average Bonchev–Trinajstić information content (AvgIpc) is 2.88. The Bertz CT molecular complexity index is 625. The molecule has 0 amide bonds. The number of methoxy groups -OCH3 is 1. The van der Waals surface area contributed by atoms with E-state index in [1.807, 2.05) is 13.8 Å². The number of hydrogen-bond acceptors (Lipinski definition) is 6. The summed E-state index contributed by atoms with van der Waals surface area (Å²) in [7, 11) is 1.72. The Morgan fingerprint density at radius 2 is 1.94 bits per heavy atom. The van der Waals surface area contributed by atoms with Crippen LogP contribution in [0.25, 0.3) is 0 Å². The Morgan fingerprint density at radius 3 is 2.51 bits per heavy atom. The van der Waals surface area contributed by atoms with Gasteiger partial charge >= 0.3 is 6.18 Å². The molecule has 0 radical (unpaired) electrons. The van der Waals surface area contributed by atoms with Crippen molar-refractivity contribution in [2.45, 2.75) is 97.5 Å². The Morgan fingerprint density at radius 1 is 1.26 bits per heavy atom. The number of nitrogens with one attached hydrogen (secondary N) is 3. The van der Waals surface area contributed by atoms with E-state index in [0.717, 1.165) is 56.4 Å². The van der Waals surface area contributed by atoms with E-state index in [-0.39, 0.29) is 12.6 Å². The molecule has 3 aliphatic heterocycles. The van der Waals surface area contributed by atoms with Gasteiger partial charge in [-0.05, 0) is 37.3 Å². The maximum atomic E-state index is 12.3. The van der Waals surface area contributed by atoms with E-state index in [2.05, 4.69) is 36.7 Å². The number of halogens is 3. The van der Waals surface area contributed by atoms with Gasteiger partial charge in [0.05, 0.1) is 18.3 Å². The topological polar surface area (TPSA) is 71.6 Å². The van der Waals surface area contributed by atoms with Gasteiger partial charge in [-0.25, -0.2) is 0 Å². The van der Waals surface area contributed by atoms with E-state index in [1.54, 1.807) is 7.11 Å². The zero-order chi connectivity index (χ0) is 26.7. The molecule has 0 aliphatic carbocycles. The second kappa shape index (κ2) is 19.7. The van der Waals surface area contributed by atoms with Gasteiger partial charge in [0.25, 0.3) is 0 Å². The van der Waals surface area contributed by atoms with Crippen LogP contribution in [0.3, 0.4) is 0 Å². The molecular weight excluding hydrogens is 459 g/mol. The lowest BCUT2D eigenvalue weighted by molar-refractivity contribution is -0.108. The highest BCUT2D eigenvalue weighted by atomic mass is 19.4. The van der Waals surface area contributed by atoms with E-state index >= 15 is 0 Å². The fourth-order valence-corrected chi connectivity index (χ4v) is 3.80. The van der Waals surface area contributed by atoms with Crippen LogP contribution in [-0.2, 0) is 14.3 Å². The van der Waals surface area contributed by atoms with Crippen LogP contribution in [0, 0.1) is 0 Å². The molecule has 0 spiro atoms. The molecule has 0 aromatic carbocycles. The predicted octanol–water partition coefficient (Wildman–Crippen LogP) is 4.91. The Labute approximate surface area is 210 Å². The lowest BCUT2D eigenvalue weighted by Gasteiger charge is -2.34. The third-order valence-corrected chi connectivity index (χ3v) is 5.64. The number of dihydropyridines is 1. The van der Waals surface area contributed by atoms with Crippen LogP contribution in [0.4, 0.5) is 13.2 Å². The number of hydrogen-bond donors (Lipinski definition) is 3. The number of alkyl halides is 3. The van der Waals surface area contributed by atoms with Crippen molar-refractivity contribution in [3.8, 4) is 0 Å². The number of carbonyl (C=O) groups is 1. The highest BCUT2D eigenvalue weighted by Gasteiger charge is 2.35. The molecule has 3 heterocycles. The van der Waals surface area contributed by atoms with Gasteiger partial charge < -0.3 is 30.2 Å². The number of rotatable bonds is 7. The third kappa shape index (κ3) is 13.5. The SMILES string of the molecule is CC.CCC.CCC(CCC=O)NC1CCOCC1OC.FC(F)(F)C1=CC2=C(CCNC2)NC1. The van der Waals surface area contributed by atoms with Crippen molar-refractivity contribution in [2.24, 2.45) is 0 Å². The van der Waals surface area contributed by atoms with Crippen molar-refractivity contribution in [3.63, 3.8) is 0 Å². The van der Waals surface area contributed by atoms with Crippen LogP contribution < -0.4 is 16.0 Å². The minimum absolute atomic E-state index is 0.0949. The lowest BCUT2D eigenvalue weighted by Crippen LogP contribution is -2.50. The summed E-state index contributed by atoms with van der Waals surface area (Å²) in [6, 6.07) is 0.765. The highest BCUT2D eigenvalue weighted by Crippen LogP contribution is 2.29. The molecule has 35 heavy (non-hydrogen) atoms. The van der Waals surface area contributed by atoms with Crippen LogP contribution in [0.5, 0.6) is 0 Å². The molecule has 0 saturated carbocycles. The summed E-state index contributed by atoms with van der Waals surface area (Å²) in [6.45, 7) is 13.1. The van der Waals surface area contributed by atoms with E-state index in [9.17, 15) is 18.0 Å². The van der Waals surface area contributed by atoms with Gasteiger partial charge in [0.1, 0.15) is 6.29 Å². The molecule has 9 heteroatoms. The van der Waals surface area contributed by atoms with E-state index in [4.69, 9.17) is 9.47 Å². The number of carbonyl (C=O) groups excluding carboxylic acids is 1. The second-order valence-electron chi connectivity index (χ2n) is 8.42. The molecule has 3 N–H and O–H groups in total. The van der Waals surface area contributed by atoms with E-state index < -0.39 is 11.7 Å². The summed E-state index contributed by atoms with van der Waals surface area (Å²) < 4.78 is 47.8. The Hall–Kier alpha value is -1.42. The summed E-state index contributed by atoms with van der Waals surface area (Å²) in [5, 5.41) is 9.45. The third-order valence-electron chi connectivity index (χ3n) is 5.64. The van der Waals surface area contributed by atoms with Gasteiger partial charge in [-0.2, -0.15) is 13.2 Å². The van der Waals surface area contributed by atoms with Crippen molar-refractivity contribution in [2.75, 3.05) is 40.0 Å². The van der Waals surface area contributed by atoms with Crippen LogP contribution in [0.1, 0.15) is 73.1 Å². The molecule has 3 rings (SSSR count). The molecular formula is C26H48F3N3O3. The minimum atomic E-state index is -4.21. The van der Waals surface area contributed by atoms with Gasteiger partial charge in [-0.15, -0.1) is 0 Å². The molecule has 1 fully saturated rings. The first kappa shape index (κ1) is 33.6. The number of aldehydes is 1. The van der Waals surface area contributed by atoms with Crippen LogP contribution in [-0.4, -0.2) is 70.6 Å². The molecule has 3 unspecified atom stereocenters. The van der Waals surface area contributed by atoms with Crippen molar-refractivity contribution in [1.82, 2.24) is 16.0 Å². The normalized spacial score (nSPS) is 22.4. The standard InChI is InChI=1S/C12H23NO3.C9H11F3N2.C3H8.C2H6/c1-3-10(5-4-7-14)13-11-6-8-16-9-12(11)15-2;10-9(11,12)7-3-6-4-13-2-1-8(6)14-5-7;1-3-2;1-2/h7,10-13H,3-6,8-9H2,1-2H3;3,13-14H,1-2,4-5H2;3H2,1-2H3;1-2H3. The van der Waals surface area contributed by atoms with Crippen LogP contribution in [0.2, 0.25) is 0 Å². The van der Waals surface area contributed by atoms with Gasteiger partial charge in [-0.1, -0.05) is 41.0 Å². The quantitative estimate of drug-likeness (QED) is 0.426.